The lowest BCUT2D eigenvalue weighted by atomic mass is 10.2. The van der Waals surface area contributed by atoms with Crippen molar-refractivity contribution < 1.29 is 18.0 Å². The summed E-state index contributed by atoms with van der Waals surface area (Å²) in [7, 11) is 3.39. The summed E-state index contributed by atoms with van der Waals surface area (Å²) < 4.78 is 38.4. The average Bonchev–Trinajstić information content (AvgIpc) is 2.52. The molecule has 10 heteroatoms. The van der Waals surface area contributed by atoms with Gasteiger partial charge in [-0.05, 0) is 13.8 Å². The van der Waals surface area contributed by atoms with Crippen LogP contribution < -0.4 is 5.32 Å². The first-order chi connectivity index (χ1) is 11.2. The molecule has 0 aliphatic carbocycles. The van der Waals surface area contributed by atoms with E-state index in [1.165, 1.54) is 16.7 Å². The topological polar surface area (TPSA) is 51.2 Å². The molecular formula is C15H29F3IN5O. The number of alkyl halides is 3. The summed E-state index contributed by atoms with van der Waals surface area (Å²) in [5, 5.41) is 3.14. The van der Waals surface area contributed by atoms with E-state index in [0.717, 1.165) is 0 Å². The molecule has 0 aromatic heterocycles. The van der Waals surface area contributed by atoms with Crippen molar-refractivity contribution >= 4 is 35.8 Å². The molecule has 0 spiro atoms. The van der Waals surface area contributed by atoms with E-state index in [-0.39, 0.29) is 29.9 Å². The predicted molar refractivity (Wildman–Crippen MR) is 103 cm³/mol. The van der Waals surface area contributed by atoms with Crippen LogP contribution in [0.25, 0.3) is 0 Å². The number of hydrogen-bond donors (Lipinski definition) is 1. The number of piperazine rings is 1. The molecule has 1 amide bonds. The number of nitrogens with zero attached hydrogens (tertiary/aromatic N) is 4. The van der Waals surface area contributed by atoms with Gasteiger partial charge in [0.15, 0.2) is 5.96 Å². The second kappa shape index (κ2) is 11.0. The molecule has 1 fully saturated rings. The third kappa shape index (κ3) is 7.97. The van der Waals surface area contributed by atoms with Gasteiger partial charge < -0.3 is 15.1 Å². The monoisotopic (exact) mass is 479 g/mol. The van der Waals surface area contributed by atoms with Gasteiger partial charge in [-0.15, -0.1) is 24.0 Å². The normalized spacial score (nSPS) is 17.7. The zero-order valence-corrected chi connectivity index (χ0v) is 17.6. The van der Waals surface area contributed by atoms with Crippen molar-refractivity contribution in [3.8, 4) is 0 Å². The number of guanidine groups is 1. The highest BCUT2D eigenvalue weighted by Gasteiger charge is 2.41. The summed E-state index contributed by atoms with van der Waals surface area (Å²) in [5.41, 5.74) is 0. The van der Waals surface area contributed by atoms with Crippen molar-refractivity contribution in [2.24, 2.45) is 4.99 Å². The third-order valence-electron chi connectivity index (χ3n) is 4.06. The van der Waals surface area contributed by atoms with Crippen LogP contribution in [0.2, 0.25) is 0 Å². The summed E-state index contributed by atoms with van der Waals surface area (Å²) >= 11 is 0. The van der Waals surface area contributed by atoms with E-state index in [1.807, 2.05) is 11.8 Å². The Morgan fingerprint density at radius 1 is 1.24 bits per heavy atom. The van der Waals surface area contributed by atoms with Crippen molar-refractivity contribution in [2.45, 2.75) is 32.5 Å². The van der Waals surface area contributed by atoms with Crippen LogP contribution in [0.5, 0.6) is 0 Å². The van der Waals surface area contributed by atoms with Crippen molar-refractivity contribution in [1.82, 2.24) is 20.0 Å². The molecule has 0 aromatic carbocycles. The fourth-order valence-electron chi connectivity index (χ4n) is 2.43. The zero-order valence-electron chi connectivity index (χ0n) is 15.3. The molecule has 1 rings (SSSR count). The third-order valence-corrected chi connectivity index (χ3v) is 4.06. The molecule has 1 aliphatic rings. The molecule has 148 valence electrons. The molecule has 0 saturated carbocycles. The molecule has 1 atom stereocenters. The van der Waals surface area contributed by atoms with E-state index in [0.29, 0.717) is 51.6 Å². The van der Waals surface area contributed by atoms with Crippen LogP contribution >= 0.6 is 24.0 Å². The molecular weight excluding hydrogens is 450 g/mol. The van der Waals surface area contributed by atoms with E-state index >= 15 is 0 Å². The molecule has 1 aliphatic heterocycles. The minimum Gasteiger partial charge on any atom is -0.357 e. The standard InChI is InChI=1S/C15H28F3N5O.HI/c1-5-19-14(20-7-6-13(24)21(3)4)23-10-8-22(9-11-23)12(2)15(16,17)18;/h12H,5-11H2,1-4H3,(H,19,20);1H. The van der Waals surface area contributed by atoms with Crippen LogP contribution in [0.3, 0.4) is 0 Å². The number of rotatable bonds is 5. The largest absolute Gasteiger partial charge is 0.403 e. The van der Waals surface area contributed by atoms with E-state index < -0.39 is 12.2 Å². The lowest BCUT2D eigenvalue weighted by molar-refractivity contribution is -0.181. The van der Waals surface area contributed by atoms with Gasteiger partial charge in [0, 0.05) is 53.2 Å². The molecule has 6 nitrogen and oxygen atoms in total. The lowest BCUT2D eigenvalue weighted by Crippen LogP contribution is -2.56. The summed E-state index contributed by atoms with van der Waals surface area (Å²) in [4.78, 5) is 20.9. The maximum Gasteiger partial charge on any atom is 0.403 e. The van der Waals surface area contributed by atoms with E-state index in [1.54, 1.807) is 14.1 Å². The van der Waals surface area contributed by atoms with Crippen LogP contribution in [0, 0.1) is 0 Å². The first kappa shape index (κ1) is 24.2. The number of aliphatic imine (C=N–C) groups is 1. The van der Waals surface area contributed by atoms with Gasteiger partial charge in [-0.1, -0.05) is 0 Å². The Labute approximate surface area is 164 Å². The van der Waals surface area contributed by atoms with Crippen molar-refractivity contribution in [2.75, 3.05) is 53.4 Å². The van der Waals surface area contributed by atoms with Gasteiger partial charge >= 0.3 is 6.18 Å². The Balaban J connectivity index is 0.00000576. The smallest absolute Gasteiger partial charge is 0.357 e. The maximum absolute atomic E-state index is 12.8. The molecule has 1 saturated heterocycles. The average molecular weight is 479 g/mol. The molecule has 0 aromatic rings. The Bertz CT molecular complexity index is 437. The second-order valence-electron chi connectivity index (χ2n) is 6.01. The van der Waals surface area contributed by atoms with Crippen LogP contribution in [0.1, 0.15) is 20.3 Å². The van der Waals surface area contributed by atoms with Crippen LogP contribution in [-0.2, 0) is 4.79 Å². The van der Waals surface area contributed by atoms with Crippen molar-refractivity contribution in [3.05, 3.63) is 0 Å². The number of nitrogens with one attached hydrogen (secondary N) is 1. The summed E-state index contributed by atoms with van der Waals surface area (Å²) in [6, 6.07) is -1.43. The minimum atomic E-state index is -4.20. The van der Waals surface area contributed by atoms with Crippen molar-refractivity contribution in [1.29, 1.82) is 0 Å². The van der Waals surface area contributed by atoms with Crippen molar-refractivity contribution in [3.63, 3.8) is 0 Å². The molecule has 25 heavy (non-hydrogen) atoms. The molecule has 0 radical (unpaired) electrons. The summed E-state index contributed by atoms with van der Waals surface area (Å²) in [6.45, 7) is 5.79. The molecule has 1 heterocycles. The van der Waals surface area contributed by atoms with Crippen LogP contribution in [0.15, 0.2) is 4.99 Å². The van der Waals surface area contributed by atoms with Crippen LogP contribution in [0.4, 0.5) is 13.2 Å². The Hall–Kier alpha value is -0.780. The Morgan fingerprint density at radius 2 is 1.80 bits per heavy atom. The van der Waals surface area contributed by atoms with Gasteiger partial charge in [-0.3, -0.25) is 14.7 Å². The van der Waals surface area contributed by atoms with Gasteiger partial charge in [0.05, 0.1) is 6.54 Å². The quantitative estimate of drug-likeness (QED) is 0.370. The Morgan fingerprint density at radius 3 is 2.24 bits per heavy atom. The van der Waals surface area contributed by atoms with E-state index in [9.17, 15) is 18.0 Å². The number of halogens is 4. The summed E-state index contributed by atoms with van der Waals surface area (Å²) in [6.07, 6.45) is -3.89. The van der Waals surface area contributed by atoms with Gasteiger partial charge in [-0.2, -0.15) is 13.2 Å². The maximum atomic E-state index is 12.8. The molecule has 1 unspecified atom stereocenters. The molecule has 0 bridgehead atoms. The van der Waals surface area contributed by atoms with E-state index in [2.05, 4.69) is 10.3 Å². The van der Waals surface area contributed by atoms with Gasteiger partial charge in [-0.25, -0.2) is 0 Å². The lowest BCUT2D eigenvalue weighted by Gasteiger charge is -2.39. The molecule has 1 N–H and O–H groups in total. The van der Waals surface area contributed by atoms with Gasteiger partial charge in [0.1, 0.15) is 6.04 Å². The first-order valence-corrected chi connectivity index (χ1v) is 8.21. The highest BCUT2D eigenvalue weighted by atomic mass is 127. The minimum absolute atomic E-state index is 0. The van der Waals surface area contributed by atoms with Gasteiger partial charge in [0.2, 0.25) is 5.91 Å². The van der Waals surface area contributed by atoms with Crippen LogP contribution in [-0.4, -0.2) is 92.1 Å². The summed E-state index contributed by atoms with van der Waals surface area (Å²) in [5.74, 6) is 0.654. The number of carbonyl (C=O) groups excluding carboxylic acids is 1. The van der Waals surface area contributed by atoms with E-state index in [4.69, 9.17) is 0 Å². The second-order valence-corrected chi connectivity index (χ2v) is 6.01. The number of amides is 1. The zero-order chi connectivity index (χ0) is 18.3. The number of carbonyl (C=O) groups is 1. The SMILES string of the molecule is CCNC(=NCCC(=O)N(C)C)N1CCN(C(C)C(F)(F)F)CC1.I. The number of hydrogen-bond acceptors (Lipinski definition) is 3. The fourth-order valence-corrected chi connectivity index (χ4v) is 2.43. The fraction of sp³-hybridized carbons (Fsp3) is 0.867. The highest BCUT2D eigenvalue weighted by molar-refractivity contribution is 14.0. The Kier molecular flexibility index (Phi) is 10.7. The first-order valence-electron chi connectivity index (χ1n) is 8.21. The highest BCUT2D eigenvalue weighted by Crippen LogP contribution is 2.25. The predicted octanol–water partition coefficient (Wildman–Crippen LogP) is 1.62. The van der Waals surface area contributed by atoms with Gasteiger partial charge in [0.25, 0.3) is 0 Å².